The molecule has 0 aliphatic carbocycles. The van der Waals surface area contributed by atoms with E-state index in [9.17, 15) is 0 Å². The number of rotatable bonds is 8. The van der Waals surface area contributed by atoms with Gasteiger partial charge in [-0.25, -0.2) is 0 Å². The fraction of sp³-hybridized carbons (Fsp3) is 1.00. The quantitative estimate of drug-likeness (QED) is 0.669. The van der Waals surface area contributed by atoms with Crippen molar-refractivity contribution in [2.24, 2.45) is 5.92 Å². The van der Waals surface area contributed by atoms with Crippen LogP contribution in [-0.2, 0) is 4.74 Å². The minimum Gasteiger partial charge on any atom is -0.378 e. The van der Waals surface area contributed by atoms with E-state index in [1.165, 1.54) is 45.1 Å². The number of hydrogen-bond acceptors (Lipinski definition) is 2. The lowest BCUT2D eigenvalue weighted by molar-refractivity contribution is 0.101. The van der Waals surface area contributed by atoms with Crippen LogP contribution in [0.1, 0.15) is 52.4 Å². The largest absolute Gasteiger partial charge is 0.378 e. The van der Waals surface area contributed by atoms with Crippen LogP contribution in [0.5, 0.6) is 0 Å². The van der Waals surface area contributed by atoms with Crippen molar-refractivity contribution >= 4 is 0 Å². The first kappa shape index (κ1) is 13.0. The summed E-state index contributed by atoms with van der Waals surface area (Å²) in [5.74, 6) is 0.867. The summed E-state index contributed by atoms with van der Waals surface area (Å²) >= 11 is 0. The van der Waals surface area contributed by atoms with Crippen LogP contribution in [-0.4, -0.2) is 25.8 Å². The Bertz CT molecular complexity index is 143. The zero-order chi connectivity index (χ0) is 10.9. The molecule has 15 heavy (non-hydrogen) atoms. The average Bonchev–Trinajstić information content (AvgIpc) is 2.76. The van der Waals surface area contributed by atoms with Crippen molar-refractivity contribution in [1.29, 1.82) is 0 Å². The standard InChI is InChI=1S/C13H27NO/c1-3-12(11-14-4-2)7-5-8-13-9-6-10-15-13/h12-14H,3-11H2,1-2H3. The fourth-order valence-electron chi connectivity index (χ4n) is 2.31. The van der Waals surface area contributed by atoms with E-state index in [0.717, 1.165) is 19.1 Å². The van der Waals surface area contributed by atoms with Crippen molar-refractivity contribution in [2.45, 2.75) is 58.5 Å². The summed E-state index contributed by atoms with van der Waals surface area (Å²) in [6.45, 7) is 7.77. The molecule has 1 rings (SSSR count). The van der Waals surface area contributed by atoms with Crippen LogP contribution in [0.15, 0.2) is 0 Å². The summed E-state index contributed by atoms with van der Waals surface area (Å²) < 4.78 is 5.63. The van der Waals surface area contributed by atoms with Gasteiger partial charge in [0.1, 0.15) is 0 Å². The van der Waals surface area contributed by atoms with Crippen LogP contribution in [0, 0.1) is 5.92 Å². The van der Waals surface area contributed by atoms with Crippen molar-refractivity contribution in [3.05, 3.63) is 0 Å². The first-order valence-electron chi connectivity index (χ1n) is 6.69. The molecule has 90 valence electrons. The summed E-state index contributed by atoms with van der Waals surface area (Å²) in [7, 11) is 0. The maximum absolute atomic E-state index is 5.63. The van der Waals surface area contributed by atoms with Gasteiger partial charge in [-0.1, -0.05) is 26.7 Å². The second-order valence-corrected chi connectivity index (χ2v) is 4.65. The smallest absolute Gasteiger partial charge is 0.0576 e. The minimum atomic E-state index is 0.585. The van der Waals surface area contributed by atoms with Gasteiger partial charge in [-0.2, -0.15) is 0 Å². The second kappa shape index (κ2) is 8.12. The fourth-order valence-corrected chi connectivity index (χ4v) is 2.31. The highest BCUT2D eigenvalue weighted by Crippen LogP contribution is 2.20. The zero-order valence-corrected chi connectivity index (χ0v) is 10.4. The molecule has 0 saturated carbocycles. The minimum absolute atomic E-state index is 0.585. The molecule has 2 atom stereocenters. The summed E-state index contributed by atoms with van der Waals surface area (Å²) in [4.78, 5) is 0. The maximum Gasteiger partial charge on any atom is 0.0576 e. The van der Waals surface area contributed by atoms with Crippen molar-refractivity contribution in [3.63, 3.8) is 0 Å². The van der Waals surface area contributed by atoms with Gasteiger partial charge in [-0.3, -0.25) is 0 Å². The molecule has 1 N–H and O–H groups in total. The van der Waals surface area contributed by atoms with Gasteiger partial charge in [0.2, 0.25) is 0 Å². The van der Waals surface area contributed by atoms with Gasteiger partial charge in [0, 0.05) is 6.61 Å². The monoisotopic (exact) mass is 213 g/mol. The first-order chi connectivity index (χ1) is 7.36. The average molecular weight is 213 g/mol. The molecule has 0 spiro atoms. The van der Waals surface area contributed by atoms with Gasteiger partial charge < -0.3 is 10.1 Å². The normalized spacial score (nSPS) is 23.2. The topological polar surface area (TPSA) is 21.3 Å². The molecule has 0 bridgehead atoms. The van der Waals surface area contributed by atoms with Gasteiger partial charge in [0.15, 0.2) is 0 Å². The van der Waals surface area contributed by atoms with Crippen molar-refractivity contribution < 1.29 is 4.74 Å². The number of hydrogen-bond donors (Lipinski definition) is 1. The third-order valence-electron chi connectivity index (χ3n) is 3.42. The summed E-state index contributed by atoms with van der Waals surface area (Å²) in [6.07, 6.45) is 8.45. The Labute approximate surface area is 94.8 Å². The van der Waals surface area contributed by atoms with Gasteiger partial charge in [0.25, 0.3) is 0 Å². The molecule has 1 saturated heterocycles. The predicted octanol–water partition coefficient (Wildman–Crippen LogP) is 2.97. The molecule has 2 heteroatoms. The van der Waals surface area contributed by atoms with E-state index < -0.39 is 0 Å². The van der Waals surface area contributed by atoms with E-state index in [1.54, 1.807) is 0 Å². The summed E-state index contributed by atoms with van der Waals surface area (Å²) in [5.41, 5.74) is 0. The highest BCUT2D eigenvalue weighted by molar-refractivity contribution is 4.67. The lowest BCUT2D eigenvalue weighted by Crippen LogP contribution is -2.22. The first-order valence-corrected chi connectivity index (χ1v) is 6.69. The van der Waals surface area contributed by atoms with Crippen LogP contribution in [0.4, 0.5) is 0 Å². The van der Waals surface area contributed by atoms with Crippen LogP contribution in [0.3, 0.4) is 0 Å². The SMILES string of the molecule is CCNCC(CC)CCCC1CCCO1. The molecule has 0 aromatic carbocycles. The zero-order valence-electron chi connectivity index (χ0n) is 10.4. The third kappa shape index (κ3) is 5.53. The molecule has 1 aliphatic heterocycles. The van der Waals surface area contributed by atoms with E-state index in [2.05, 4.69) is 19.2 Å². The van der Waals surface area contributed by atoms with Gasteiger partial charge in [-0.15, -0.1) is 0 Å². The Hall–Kier alpha value is -0.0800. The van der Waals surface area contributed by atoms with Gasteiger partial charge >= 0.3 is 0 Å². The number of ether oxygens (including phenoxy) is 1. The van der Waals surface area contributed by atoms with Crippen molar-refractivity contribution in [3.8, 4) is 0 Å². The summed E-state index contributed by atoms with van der Waals surface area (Å²) in [6, 6.07) is 0. The maximum atomic E-state index is 5.63. The second-order valence-electron chi connectivity index (χ2n) is 4.65. The third-order valence-corrected chi connectivity index (χ3v) is 3.42. The van der Waals surface area contributed by atoms with E-state index in [0.29, 0.717) is 6.10 Å². The van der Waals surface area contributed by atoms with Crippen molar-refractivity contribution in [2.75, 3.05) is 19.7 Å². The van der Waals surface area contributed by atoms with Gasteiger partial charge in [-0.05, 0) is 44.7 Å². The highest BCUT2D eigenvalue weighted by atomic mass is 16.5. The Morgan fingerprint density at radius 3 is 2.87 bits per heavy atom. The van der Waals surface area contributed by atoms with Crippen molar-refractivity contribution in [1.82, 2.24) is 5.32 Å². The molecule has 2 nitrogen and oxygen atoms in total. The molecule has 0 aromatic rings. The molecule has 1 aliphatic rings. The molecular formula is C13H27NO. The molecule has 0 amide bonds. The predicted molar refractivity (Wildman–Crippen MR) is 65.1 cm³/mol. The molecular weight excluding hydrogens is 186 g/mol. The molecule has 2 unspecified atom stereocenters. The van der Waals surface area contributed by atoms with Crippen LogP contribution in [0.2, 0.25) is 0 Å². The van der Waals surface area contributed by atoms with E-state index in [4.69, 9.17) is 4.74 Å². The summed E-state index contributed by atoms with van der Waals surface area (Å²) in [5, 5.41) is 3.45. The lowest BCUT2D eigenvalue weighted by Gasteiger charge is -2.16. The van der Waals surface area contributed by atoms with Gasteiger partial charge in [0.05, 0.1) is 6.10 Å². The Morgan fingerprint density at radius 1 is 1.40 bits per heavy atom. The highest BCUT2D eigenvalue weighted by Gasteiger charge is 2.15. The number of nitrogens with one attached hydrogen (secondary N) is 1. The van der Waals surface area contributed by atoms with E-state index in [-0.39, 0.29) is 0 Å². The molecule has 0 radical (unpaired) electrons. The molecule has 1 fully saturated rings. The molecule has 1 heterocycles. The van der Waals surface area contributed by atoms with Crippen LogP contribution >= 0.6 is 0 Å². The Morgan fingerprint density at radius 2 is 2.27 bits per heavy atom. The van der Waals surface area contributed by atoms with Crippen LogP contribution < -0.4 is 5.32 Å². The van der Waals surface area contributed by atoms with E-state index >= 15 is 0 Å². The Kier molecular flexibility index (Phi) is 7.03. The Balaban J connectivity index is 2.00. The van der Waals surface area contributed by atoms with E-state index in [1.807, 2.05) is 0 Å². The lowest BCUT2D eigenvalue weighted by atomic mass is 9.97. The molecule has 0 aromatic heterocycles. The van der Waals surface area contributed by atoms with Crippen LogP contribution in [0.25, 0.3) is 0 Å².